The summed E-state index contributed by atoms with van der Waals surface area (Å²) in [6.07, 6.45) is 6.82. The molecule has 180 valence electrons. The number of aliphatic hydroxyl groups excluding tert-OH is 1. The van der Waals surface area contributed by atoms with Gasteiger partial charge in [0.1, 0.15) is 17.9 Å². The van der Waals surface area contributed by atoms with Crippen molar-refractivity contribution in [3.05, 3.63) is 83.6 Å². The van der Waals surface area contributed by atoms with Crippen LogP contribution in [0.1, 0.15) is 42.8 Å². The molecule has 3 aliphatic carbocycles. The minimum atomic E-state index is -0.875. The Labute approximate surface area is 209 Å². The highest BCUT2D eigenvalue weighted by molar-refractivity contribution is 7.13. The zero-order valence-corrected chi connectivity index (χ0v) is 19.9. The van der Waals surface area contributed by atoms with Crippen molar-refractivity contribution in [3.8, 4) is 16.5 Å². The molecule has 4 aromatic heterocycles. The highest BCUT2D eigenvalue weighted by Gasteiger charge is 2.58. The molecule has 2 bridgehead atoms. The van der Waals surface area contributed by atoms with E-state index < -0.39 is 6.23 Å². The zero-order valence-electron chi connectivity index (χ0n) is 19.1. The fraction of sp³-hybridized carbons (Fsp3) is 0.269. The molecule has 1 aromatic carbocycles. The number of benzene rings is 1. The van der Waals surface area contributed by atoms with E-state index >= 15 is 0 Å². The number of hydrogen-bond donors (Lipinski definition) is 2. The first-order valence-corrected chi connectivity index (χ1v) is 12.8. The number of aliphatic hydroxyl groups is 1. The van der Waals surface area contributed by atoms with E-state index in [1.54, 1.807) is 36.8 Å². The predicted octanol–water partition coefficient (Wildman–Crippen LogP) is 4.39. The molecular formula is C26H22FN7OS. The molecular weight excluding hydrogens is 477 g/mol. The molecule has 0 saturated heterocycles. The van der Waals surface area contributed by atoms with Crippen LogP contribution in [0.2, 0.25) is 0 Å². The number of para-hydroxylation sites is 1. The summed E-state index contributed by atoms with van der Waals surface area (Å²) in [6.45, 7) is 0. The van der Waals surface area contributed by atoms with E-state index in [9.17, 15) is 9.50 Å². The number of hydrogen-bond acceptors (Lipinski definition) is 8. The van der Waals surface area contributed by atoms with Gasteiger partial charge in [0, 0.05) is 41.0 Å². The quantitative estimate of drug-likeness (QED) is 0.334. The van der Waals surface area contributed by atoms with Crippen molar-refractivity contribution in [1.29, 1.82) is 0 Å². The molecule has 36 heavy (non-hydrogen) atoms. The first kappa shape index (κ1) is 21.7. The van der Waals surface area contributed by atoms with Crippen LogP contribution in [-0.2, 0) is 0 Å². The lowest BCUT2D eigenvalue weighted by atomic mass is 9.76. The molecule has 2 N–H and O–H groups in total. The van der Waals surface area contributed by atoms with E-state index in [1.165, 1.54) is 17.4 Å². The predicted molar refractivity (Wildman–Crippen MR) is 133 cm³/mol. The van der Waals surface area contributed by atoms with Crippen molar-refractivity contribution >= 4 is 22.4 Å². The number of rotatable bonds is 6. The van der Waals surface area contributed by atoms with E-state index in [0.717, 1.165) is 30.6 Å². The molecule has 0 spiro atoms. The van der Waals surface area contributed by atoms with E-state index in [2.05, 4.69) is 30.5 Å². The molecule has 0 aliphatic heterocycles. The van der Waals surface area contributed by atoms with Crippen LogP contribution in [-0.4, -0.2) is 40.4 Å². The number of fused-ring (bicyclic) bond motifs is 2. The lowest BCUT2D eigenvalue weighted by Crippen LogP contribution is -2.50. The SMILES string of the molecule is OC(NC12CC(C1)C(c1nnc(-c3nccs3)n1-c1ccccc1F)C2)c1ccnc2cccnc12. The fourth-order valence-corrected chi connectivity index (χ4v) is 6.54. The minimum absolute atomic E-state index is 0.0813. The minimum Gasteiger partial charge on any atom is -0.374 e. The highest BCUT2D eigenvalue weighted by atomic mass is 32.1. The van der Waals surface area contributed by atoms with Crippen molar-refractivity contribution in [2.24, 2.45) is 5.92 Å². The van der Waals surface area contributed by atoms with Crippen molar-refractivity contribution in [2.45, 2.75) is 36.9 Å². The highest BCUT2D eigenvalue weighted by Crippen LogP contribution is 2.60. The Morgan fingerprint density at radius 3 is 2.72 bits per heavy atom. The number of nitrogens with one attached hydrogen (secondary N) is 1. The summed E-state index contributed by atoms with van der Waals surface area (Å²) in [7, 11) is 0. The number of aromatic nitrogens is 6. The third-order valence-electron chi connectivity index (χ3n) is 7.49. The van der Waals surface area contributed by atoms with Crippen molar-refractivity contribution < 1.29 is 9.50 Å². The maximum absolute atomic E-state index is 15.0. The van der Waals surface area contributed by atoms with Crippen molar-refractivity contribution in [2.75, 3.05) is 0 Å². The molecule has 8 rings (SSSR count). The summed E-state index contributed by atoms with van der Waals surface area (Å²) >= 11 is 1.45. The van der Waals surface area contributed by atoms with Crippen molar-refractivity contribution in [1.82, 2.24) is 35.0 Å². The molecule has 3 aliphatic rings. The van der Waals surface area contributed by atoms with Gasteiger partial charge in [-0.3, -0.25) is 19.9 Å². The van der Waals surface area contributed by atoms with E-state index in [-0.39, 0.29) is 17.3 Å². The zero-order chi connectivity index (χ0) is 24.3. The maximum Gasteiger partial charge on any atom is 0.197 e. The second kappa shape index (κ2) is 8.22. The average Bonchev–Trinajstić information content (AvgIpc) is 3.66. The molecule has 0 amide bonds. The monoisotopic (exact) mass is 499 g/mol. The summed E-state index contributed by atoms with van der Waals surface area (Å²) in [5.74, 6) is 1.41. The van der Waals surface area contributed by atoms with Gasteiger partial charge in [0.25, 0.3) is 0 Å². The molecule has 8 nitrogen and oxygen atoms in total. The first-order chi connectivity index (χ1) is 17.6. The van der Waals surface area contributed by atoms with E-state index in [4.69, 9.17) is 0 Å². The third kappa shape index (κ3) is 3.36. The van der Waals surface area contributed by atoms with Crippen LogP contribution < -0.4 is 5.32 Å². The van der Waals surface area contributed by atoms with E-state index in [0.29, 0.717) is 33.5 Å². The van der Waals surface area contributed by atoms with Crippen LogP contribution in [0.5, 0.6) is 0 Å². The van der Waals surface area contributed by atoms with Gasteiger partial charge in [-0.05, 0) is 55.5 Å². The summed E-state index contributed by atoms with van der Waals surface area (Å²) in [5.41, 5.74) is 2.34. The topological polar surface area (TPSA) is 102 Å². The molecule has 0 radical (unpaired) electrons. The lowest BCUT2D eigenvalue weighted by molar-refractivity contribution is 0.0589. The Bertz CT molecular complexity index is 1560. The van der Waals surface area contributed by atoms with Gasteiger partial charge in [-0.1, -0.05) is 12.1 Å². The summed E-state index contributed by atoms with van der Waals surface area (Å²) < 4.78 is 16.8. The maximum atomic E-state index is 15.0. The summed E-state index contributed by atoms with van der Waals surface area (Å²) in [5, 5.41) is 26.2. The normalized spacial score (nSPS) is 23.6. The largest absolute Gasteiger partial charge is 0.374 e. The molecule has 3 saturated carbocycles. The van der Waals surface area contributed by atoms with Gasteiger partial charge in [-0.15, -0.1) is 21.5 Å². The number of halogens is 1. The molecule has 3 fully saturated rings. The van der Waals surface area contributed by atoms with Crippen LogP contribution in [0.15, 0.2) is 66.4 Å². The molecule has 4 heterocycles. The Balaban J connectivity index is 1.21. The number of pyridine rings is 2. The smallest absolute Gasteiger partial charge is 0.197 e. The van der Waals surface area contributed by atoms with Gasteiger partial charge in [0.15, 0.2) is 10.8 Å². The van der Waals surface area contributed by atoms with Gasteiger partial charge >= 0.3 is 0 Å². The average molecular weight is 500 g/mol. The van der Waals surface area contributed by atoms with Gasteiger partial charge in [-0.2, -0.15) is 0 Å². The summed E-state index contributed by atoms with van der Waals surface area (Å²) in [6, 6.07) is 12.2. The Morgan fingerprint density at radius 1 is 1.00 bits per heavy atom. The molecule has 10 heteroatoms. The van der Waals surface area contributed by atoms with Gasteiger partial charge in [-0.25, -0.2) is 9.37 Å². The van der Waals surface area contributed by atoms with Crippen LogP contribution in [0.25, 0.3) is 27.6 Å². The fourth-order valence-electron chi connectivity index (χ4n) is 5.93. The van der Waals surface area contributed by atoms with Crippen LogP contribution >= 0.6 is 11.3 Å². The third-order valence-corrected chi connectivity index (χ3v) is 8.26. The first-order valence-electron chi connectivity index (χ1n) is 11.9. The Hall–Kier alpha value is -3.60. The van der Waals surface area contributed by atoms with Crippen LogP contribution in [0.4, 0.5) is 4.39 Å². The standard InChI is InChI=1S/C26H22FN7OS/c27-18-4-1-2-6-20(18)34-22(32-33-23(34)25-30-10-11-36-25)17-14-26(12-15(17)13-26)31-24(35)16-7-9-28-19-5-3-8-29-21(16)19/h1-11,15,17,24,31,35H,12-14H2. The van der Waals surface area contributed by atoms with Crippen LogP contribution in [0.3, 0.4) is 0 Å². The molecule has 5 aromatic rings. The van der Waals surface area contributed by atoms with Crippen molar-refractivity contribution in [3.63, 3.8) is 0 Å². The molecule has 2 atom stereocenters. The van der Waals surface area contributed by atoms with Crippen LogP contribution in [0, 0.1) is 11.7 Å². The summed E-state index contributed by atoms with van der Waals surface area (Å²) in [4.78, 5) is 13.2. The van der Waals surface area contributed by atoms with E-state index in [1.807, 2.05) is 28.1 Å². The van der Waals surface area contributed by atoms with Gasteiger partial charge in [0.2, 0.25) is 0 Å². The number of thiazole rings is 1. The second-order valence-corrected chi connectivity index (χ2v) is 10.5. The van der Waals surface area contributed by atoms with Gasteiger partial charge in [0.05, 0.1) is 16.7 Å². The Kier molecular flexibility index (Phi) is 4.95. The lowest BCUT2D eigenvalue weighted by Gasteiger charge is -2.41. The second-order valence-electron chi connectivity index (χ2n) is 9.58. The molecule has 2 unspecified atom stereocenters. The van der Waals surface area contributed by atoms with Gasteiger partial charge < -0.3 is 5.11 Å². The Morgan fingerprint density at radius 2 is 1.89 bits per heavy atom. The number of nitrogens with zero attached hydrogens (tertiary/aromatic N) is 6.